The van der Waals surface area contributed by atoms with Crippen LogP contribution in [-0.2, 0) is 13.0 Å². The molecule has 0 bridgehead atoms. The van der Waals surface area contributed by atoms with Crippen molar-refractivity contribution in [2.75, 3.05) is 11.9 Å². The van der Waals surface area contributed by atoms with Crippen LogP contribution in [0.15, 0.2) is 66.7 Å². The standard InChI is InChI=1S/C23H24N6/c1-28(19-10-6-3-7-11-19)23-27-26-22(21-16-20(24-25-21)18-12-13-18)29(23)15-14-17-8-4-2-5-9-17/h2-11,16,18H,12-15H2,1H3,(H,24,25). The maximum Gasteiger partial charge on any atom is 0.231 e. The van der Waals surface area contributed by atoms with E-state index in [2.05, 4.69) is 72.3 Å². The Morgan fingerprint density at radius 3 is 2.45 bits per heavy atom. The highest BCUT2D eigenvalue weighted by atomic mass is 15.4. The monoisotopic (exact) mass is 384 g/mol. The molecule has 0 saturated heterocycles. The van der Waals surface area contributed by atoms with Gasteiger partial charge < -0.3 is 4.90 Å². The van der Waals surface area contributed by atoms with E-state index < -0.39 is 0 Å². The number of nitrogens with one attached hydrogen (secondary N) is 1. The number of benzene rings is 2. The minimum atomic E-state index is 0.628. The van der Waals surface area contributed by atoms with Crippen molar-refractivity contribution in [3.8, 4) is 11.5 Å². The van der Waals surface area contributed by atoms with Gasteiger partial charge >= 0.3 is 0 Å². The van der Waals surface area contributed by atoms with Crippen LogP contribution >= 0.6 is 0 Å². The highest BCUT2D eigenvalue weighted by molar-refractivity contribution is 5.60. The van der Waals surface area contributed by atoms with Gasteiger partial charge in [0.05, 0.1) is 0 Å². The molecule has 4 aromatic rings. The number of aromatic nitrogens is 5. The van der Waals surface area contributed by atoms with E-state index in [1.54, 1.807) is 0 Å². The van der Waals surface area contributed by atoms with Crippen LogP contribution in [0, 0.1) is 0 Å². The summed E-state index contributed by atoms with van der Waals surface area (Å²) >= 11 is 0. The van der Waals surface area contributed by atoms with Crippen molar-refractivity contribution in [1.82, 2.24) is 25.0 Å². The lowest BCUT2D eigenvalue weighted by Gasteiger charge is -2.19. The summed E-state index contributed by atoms with van der Waals surface area (Å²) in [6.07, 6.45) is 3.38. The molecule has 0 unspecified atom stereocenters. The number of para-hydroxylation sites is 1. The Hall–Kier alpha value is -3.41. The molecule has 6 heteroatoms. The highest BCUT2D eigenvalue weighted by Gasteiger charge is 2.27. The third kappa shape index (κ3) is 3.66. The second-order valence-corrected chi connectivity index (χ2v) is 7.59. The largest absolute Gasteiger partial charge is 0.314 e. The van der Waals surface area contributed by atoms with Crippen LogP contribution in [0.25, 0.3) is 11.5 Å². The van der Waals surface area contributed by atoms with Gasteiger partial charge in [0.25, 0.3) is 0 Å². The van der Waals surface area contributed by atoms with Crippen molar-refractivity contribution in [3.05, 3.63) is 78.0 Å². The molecule has 0 spiro atoms. The quantitative estimate of drug-likeness (QED) is 0.507. The van der Waals surface area contributed by atoms with E-state index in [1.807, 2.05) is 31.3 Å². The van der Waals surface area contributed by atoms with Crippen LogP contribution in [-0.4, -0.2) is 32.0 Å². The average Bonchev–Trinajstić information content (AvgIpc) is 3.36. The van der Waals surface area contributed by atoms with Gasteiger partial charge in [0.15, 0.2) is 5.82 Å². The van der Waals surface area contributed by atoms with E-state index in [9.17, 15) is 0 Å². The van der Waals surface area contributed by atoms with Crippen LogP contribution in [0.5, 0.6) is 0 Å². The maximum absolute atomic E-state index is 4.54. The topological polar surface area (TPSA) is 62.6 Å². The van der Waals surface area contributed by atoms with E-state index in [0.717, 1.165) is 36.1 Å². The number of rotatable bonds is 7. The molecule has 6 nitrogen and oxygen atoms in total. The lowest BCUT2D eigenvalue weighted by molar-refractivity contribution is 0.695. The zero-order chi connectivity index (χ0) is 19.6. The fourth-order valence-electron chi connectivity index (χ4n) is 3.65. The Morgan fingerprint density at radius 1 is 1.00 bits per heavy atom. The predicted molar refractivity (Wildman–Crippen MR) is 114 cm³/mol. The number of nitrogens with zero attached hydrogens (tertiary/aromatic N) is 5. The molecule has 1 fully saturated rings. The zero-order valence-electron chi connectivity index (χ0n) is 16.5. The summed E-state index contributed by atoms with van der Waals surface area (Å²) in [4.78, 5) is 2.08. The molecular weight excluding hydrogens is 360 g/mol. The number of hydrogen-bond acceptors (Lipinski definition) is 4. The molecular formula is C23H24N6. The summed E-state index contributed by atoms with van der Waals surface area (Å²) in [5.41, 5.74) is 4.44. The summed E-state index contributed by atoms with van der Waals surface area (Å²) in [5, 5.41) is 16.8. The first-order chi connectivity index (χ1) is 14.3. The summed E-state index contributed by atoms with van der Waals surface area (Å²) in [5.74, 6) is 2.25. The molecule has 1 saturated carbocycles. The number of H-pyrrole nitrogens is 1. The van der Waals surface area contributed by atoms with Crippen molar-refractivity contribution < 1.29 is 0 Å². The number of aryl methyl sites for hydroxylation is 1. The van der Waals surface area contributed by atoms with Crippen LogP contribution in [0.3, 0.4) is 0 Å². The highest BCUT2D eigenvalue weighted by Crippen LogP contribution is 2.40. The van der Waals surface area contributed by atoms with Gasteiger partial charge in [-0.25, -0.2) is 0 Å². The van der Waals surface area contributed by atoms with Gasteiger partial charge in [0, 0.05) is 30.9 Å². The van der Waals surface area contributed by atoms with E-state index in [0.29, 0.717) is 5.92 Å². The van der Waals surface area contributed by atoms with Crippen molar-refractivity contribution in [3.63, 3.8) is 0 Å². The molecule has 2 heterocycles. The summed E-state index contributed by atoms with van der Waals surface area (Å²) in [6, 6.07) is 22.9. The molecule has 2 aromatic heterocycles. The minimum absolute atomic E-state index is 0.628. The predicted octanol–water partition coefficient (Wildman–Crippen LogP) is 4.56. The lowest BCUT2D eigenvalue weighted by Crippen LogP contribution is -2.17. The minimum Gasteiger partial charge on any atom is -0.314 e. The van der Waals surface area contributed by atoms with Crippen LogP contribution in [0.1, 0.15) is 30.0 Å². The van der Waals surface area contributed by atoms with Gasteiger partial charge in [-0.1, -0.05) is 48.5 Å². The van der Waals surface area contributed by atoms with Gasteiger partial charge in [-0.2, -0.15) is 5.10 Å². The molecule has 1 aliphatic rings. The Balaban J connectivity index is 1.50. The first-order valence-electron chi connectivity index (χ1n) is 10.1. The van der Waals surface area contributed by atoms with Gasteiger partial charge in [-0.05, 0) is 43.0 Å². The van der Waals surface area contributed by atoms with Gasteiger partial charge in [0.2, 0.25) is 5.95 Å². The number of anilines is 2. The SMILES string of the molecule is CN(c1ccccc1)c1nnc(-c2cc(C3CC3)[nH]n2)n1CCc1ccccc1. The smallest absolute Gasteiger partial charge is 0.231 e. The zero-order valence-corrected chi connectivity index (χ0v) is 16.5. The molecule has 1 aliphatic carbocycles. The first-order valence-corrected chi connectivity index (χ1v) is 10.1. The Morgan fingerprint density at radius 2 is 1.72 bits per heavy atom. The van der Waals surface area contributed by atoms with Gasteiger partial charge in [-0.3, -0.25) is 9.67 Å². The van der Waals surface area contributed by atoms with Gasteiger partial charge in [0.1, 0.15) is 5.69 Å². The summed E-state index contributed by atoms with van der Waals surface area (Å²) < 4.78 is 2.17. The van der Waals surface area contributed by atoms with Gasteiger partial charge in [-0.15, -0.1) is 10.2 Å². The first kappa shape index (κ1) is 17.7. The van der Waals surface area contributed by atoms with Crippen LogP contribution in [0.4, 0.5) is 11.6 Å². The molecule has 0 atom stereocenters. The summed E-state index contributed by atoms with van der Waals surface area (Å²) in [6.45, 7) is 0.782. The fourth-order valence-corrected chi connectivity index (χ4v) is 3.65. The number of hydrogen-bond donors (Lipinski definition) is 1. The molecule has 0 aliphatic heterocycles. The third-order valence-corrected chi connectivity index (χ3v) is 5.49. The van der Waals surface area contributed by atoms with E-state index in [-0.39, 0.29) is 0 Å². The van der Waals surface area contributed by atoms with E-state index in [1.165, 1.54) is 24.1 Å². The fraction of sp³-hybridized carbons (Fsp3) is 0.261. The normalized spacial score (nSPS) is 13.6. The van der Waals surface area contributed by atoms with Crippen molar-refractivity contribution in [2.24, 2.45) is 0 Å². The van der Waals surface area contributed by atoms with Crippen molar-refractivity contribution in [2.45, 2.75) is 31.7 Å². The lowest BCUT2D eigenvalue weighted by atomic mass is 10.1. The van der Waals surface area contributed by atoms with Crippen molar-refractivity contribution >= 4 is 11.6 Å². The van der Waals surface area contributed by atoms with Crippen molar-refractivity contribution in [1.29, 1.82) is 0 Å². The molecule has 5 rings (SSSR count). The molecule has 0 amide bonds. The molecule has 2 aromatic carbocycles. The second-order valence-electron chi connectivity index (χ2n) is 7.59. The average molecular weight is 384 g/mol. The van der Waals surface area contributed by atoms with E-state index >= 15 is 0 Å². The summed E-state index contributed by atoms with van der Waals surface area (Å²) in [7, 11) is 2.03. The molecule has 0 radical (unpaired) electrons. The molecule has 1 N–H and O–H groups in total. The number of aromatic amines is 1. The Labute approximate surface area is 170 Å². The maximum atomic E-state index is 4.54. The Kier molecular flexibility index (Phi) is 4.60. The third-order valence-electron chi connectivity index (χ3n) is 5.49. The second kappa shape index (κ2) is 7.54. The van der Waals surface area contributed by atoms with E-state index in [4.69, 9.17) is 0 Å². The van der Waals surface area contributed by atoms with Crippen LogP contribution in [0.2, 0.25) is 0 Å². The Bertz CT molecular complexity index is 1080. The van der Waals surface area contributed by atoms with Crippen LogP contribution < -0.4 is 4.90 Å². The molecule has 29 heavy (non-hydrogen) atoms. The molecule has 146 valence electrons.